The largest absolute Gasteiger partial charge is 0.455 e. The van der Waals surface area contributed by atoms with Crippen LogP contribution in [-0.2, 0) is 0 Å². The molecule has 0 saturated heterocycles. The van der Waals surface area contributed by atoms with Crippen molar-refractivity contribution < 1.29 is 9.34 Å². The first-order valence-electron chi connectivity index (χ1n) is 9.10. The molecule has 0 atom stereocenters. The molecule has 0 saturated carbocycles. The van der Waals surface area contributed by atoms with Gasteiger partial charge in [0.2, 0.25) is 0 Å². The minimum absolute atomic E-state index is 0.000789. The van der Waals surface area contributed by atoms with Crippen LogP contribution in [0.5, 0.6) is 0 Å². The topological polar surface area (TPSA) is 71.9 Å². The molecule has 0 fully saturated rings. The number of nitro benzene ring substituents is 1. The van der Waals surface area contributed by atoms with Crippen LogP contribution in [-0.4, -0.2) is 11.1 Å². The monoisotopic (exact) mass is 461 g/mol. The summed E-state index contributed by atoms with van der Waals surface area (Å²) in [6.45, 7) is 0. The van der Waals surface area contributed by atoms with Gasteiger partial charge in [-0.3, -0.25) is 10.1 Å². The average molecular weight is 462 g/mol. The smallest absolute Gasteiger partial charge is 0.270 e. The number of nitrogens with zero attached hydrogens (tertiary/aromatic N) is 3. The Balaban J connectivity index is 1.65. The van der Waals surface area contributed by atoms with Crippen molar-refractivity contribution in [2.45, 2.75) is 0 Å². The first-order chi connectivity index (χ1) is 14.6. The number of anilines is 2. The number of hydrazone groups is 1. The molecule has 1 heterocycles. The van der Waals surface area contributed by atoms with Crippen LogP contribution in [0.1, 0.15) is 5.76 Å². The van der Waals surface area contributed by atoms with E-state index >= 15 is 0 Å². The standard InChI is InChI=1S/C23H16BrN3O3/c24-22-13-11-19(27(28)29)15-21(22)23-14-12-20(30-23)16-25-26(17-7-3-1-4-8-17)18-9-5-2-6-10-18/h1-16H/b25-16-. The van der Waals surface area contributed by atoms with Crippen molar-refractivity contribution in [2.75, 3.05) is 5.01 Å². The second-order valence-electron chi connectivity index (χ2n) is 6.35. The fourth-order valence-electron chi connectivity index (χ4n) is 2.92. The number of hydrogen-bond donors (Lipinski definition) is 0. The van der Waals surface area contributed by atoms with Crippen molar-refractivity contribution in [3.05, 3.63) is 111 Å². The number of halogens is 1. The first kappa shape index (κ1) is 19.6. The normalized spacial score (nSPS) is 11.0. The highest BCUT2D eigenvalue weighted by Crippen LogP contribution is 2.33. The predicted molar refractivity (Wildman–Crippen MR) is 121 cm³/mol. The van der Waals surface area contributed by atoms with Gasteiger partial charge in [0.15, 0.2) is 0 Å². The summed E-state index contributed by atoms with van der Waals surface area (Å²) < 4.78 is 6.59. The molecule has 0 bridgehead atoms. The van der Waals surface area contributed by atoms with Gasteiger partial charge in [-0.1, -0.05) is 52.3 Å². The van der Waals surface area contributed by atoms with Gasteiger partial charge >= 0.3 is 0 Å². The predicted octanol–water partition coefficient (Wildman–Crippen LogP) is 6.79. The minimum atomic E-state index is -0.432. The van der Waals surface area contributed by atoms with Crippen LogP contribution in [0.4, 0.5) is 17.1 Å². The number of furan rings is 1. The van der Waals surface area contributed by atoms with Crippen LogP contribution in [0.25, 0.3) is 11.3 Å². The molecule has 0 aliphatic carbocycles. The summed E-state index contributed by atoms with van der Waals surface area (Å²) in [5.41, 5.74) is 2.42. The third kappa shape index (κ3) is 4.31. The Kier molecular flexibility index (Phi) is 5.72. The Hall–Kier alpha value is -3.71. The molecule has 0 N–H and O–H groups in total. The van der Waals surface area contributed by atoms with Gasteiger partial charge < -0.3 is 4.42 Å². The molecular weight excluding hydrogens is 446 g/mol. The number of rotatable bonds is 6. The van der Waals surface area contributed by atoms with Crippen molar-refractivity contribution in [2.24, 2.45) is 5.10 Å². The van der Waals surface area contributed by atoms with Crippen LogP contribution >= 0.6 is 15.9 Å². The summed E-state index contributed by atoms with van der Waals surface area (Å²) in [7, 11) is 0. The molecule has 4 aromatic rings. The molecule has 30 heavy (non-hydrogen) atoms. The first-order valence-corrected chi connectivity index (χ1v) is 9.89. The lowest BCUT2D eigenvalue weighted by molar-refractivity contribution is -0.384. The van der Waals surface area contributed by atoms with E-state index in [2.05, 4.69) is 21.0 Å². The number of para-hydroxylation sites is 2. The van der Waals surface area contributed by atoms with E-state index in [0.29, 0.717) is 21.6 Å². The van der Waals surface area contributed by atoms with E-state index in [9.17, 15) is 10.1 Å². The molecule has 4 rings (SSSR count). The Bertz CT molecular complexity index is 1150. The number of non-ortho nitro benzene ring substituents is 1. The van der Waals surface area contributed by atoms with Gasteiger partial charge in [-0.15, -0.1) is 0 Å². The molecule has 148 valence electrons. The van der Waals surface area contributed by atoms with Gasteiger partial charge in [-0.2, -0.15) is 5.10 Å². The van der Waals surface area contributed by atoms with Crippen molar-refractivity contribution in [3.8, 4) is 11.3 Å². The van der Waals surface area contributed by atoms with E-state index in [1.54, 1.807) is 24.4 Å². The van der Waals surface area contributed by atoms with Gasteiger partial charge in [-0.25, -0.2) is 5.01 Å². The minimum Gasteiger partial charge on any atom is -0.455 e. The summed E-state index contributed by atoms with van der Waals surface area (Å²) in [6.07, 6.45) is 1.62. The zero-order valence-electron chi connectivity index (χ0n) is 15.7. The van der Waals surface area contributed by atoms with Crippen molar-refractivity contribution in [3.63, 3.8) is 0 Å². The second kappa shape index (κ2) is 8.75. The summed E-state index contributed by atoms with van der Waals surface area (Å²) in [5.74, 6) is 1.04. The molecular formula is C23H16BrN3O3. The van der Waals surface area contributed by atoms with E-state index in [1.165, 1.54) is 12.1 Å². The lowest BCUT2D eigenvalue weighted by Gasteiger charge is -2.18. The van der Waals surface area contributed by atoms with Crippen LogP contribution in [0.15, 0.2) is 105 Å². The van der Waals surface area contributed by atoms with Gasteiger partial charge in [0, 0.05) is 22.2 Å². The lowest BCUT2D eigenvalue weighted by atomic mass is 10.1. The lowest BCUT2D eigenvalue weighted by Crippen LogP contribution is -2.08. The Morgan fingerprint density at radius 1 is 0.900 bits per heavy atom. The molecule has 1 aromatic heterocycles. The van der Waals surface area contributed by atoms with Gasteiger partial charge in [0.25, 0.3) is 5.69 Å². The molecule has 0 unspecified atom stereocenters. The fourth-order valence-corrected chi connectivity index (χ4v) is 3.36. The summed E-state index contributed by atoms with van der Waals surface area (Å²) >= 11 is 3.42. The molecule has 6 nitrogen and oxygen atoms in total. The third-order valence-corrected chi connectivity index (χ3v) is 5.05. The molecule has 0 aliphatic heterocycles. The van der Waals surface area contributed by atoms with Crippen LogP contribution < -0.4 is 5.01 Å². The zero-order chi connectivity index (χ0) is 20.9. The molecule has 0 amide bonds. The maximum atomic E-state index is 11.1. The average Bonchev–Trinajstić information content (AvgIpc) is 3.24. The van der Waals surface area contributed by atoms with E-state index in [-0.39, 0.29) is 5.69 Å². The van der Waals surface area contributed by atoms with E-state index in [1.807, 2.05) is 65.7 Å². The summed E-state index contributed by atoms with van der Waals surface area (Å²) in [6, 6.07) is 27.7. The van der Waals surface area contributed by atoms with E-state index in [0.717, 1.165) is 11.4 Å². The highest BCUT2D eigenvalue weighted by Gasteiger charge is 2.14. The van der Waals surface area contributed by atoms with Gasteiger partial charge in [0.1, 0.15) is 11.5 Å². The van der Waals surface area contributed by atoms with E-state index in [4.69, 9.17) is 4.42 Å². The third-order valence-electron chi connectivity index (χ3n) is 4.35. The Morgan fingerprint density at radius 2 is 1.53 bits per heavy atom. The van der Waals surface area contributed by atoms with Crippen LogP contribution in [0, 0.1) is 10.1 Å². The molecule has 7 heteroatoms. The maximum absolute atomic E-state index is 11.1. The van der Waals surface area contributed by atoms with Crippen LogP contribution in [0.3, 0.4) is 0 Å². The quantitative estimate of drug-likeness (QED) is 0.180. The highest BCUT2D eigenvalue weighted by molar-refractivity contribution is 9.10. The number of hydrogen-bond acceptors (Lipinski definition) is 5. The molecule has 3 aromatic carbocycles. The Labute approximate surface area is 181 Å². The highest BCUT2D eigenvalue weighted by atomic mass is 79.9. The van der Waals surface area contributed by atoms with Gasteiger partial charge in [-0.05, 0) is 42.5 Å². The maximum Gasteiger partial charge on any atom is 0.270 e. The molecule has 0 radical (unpaired) electrons. The SMILES string of the molecule is O=[N+]([O-])c1ccc(Br)c(-c2ccc(/C=N\N(c3ccccc3)c3ccccc3)o2)c1. The second-order valence-corrected chi connectivity index (χ2v) is 7.21. The van der Waals surface area contributed by atoms with E-state index < -0.39 is 4.92 Å². The van der Waals surface area contributed by atoms with Crippen LogP contribution in [0.2, 0.25) is 0 Å². The number of benzene rings is 3. The number of nitro groups is 1. The van der Waals surface area contributed by atoms with Gasteiger partial charge in [0.05, 0.1) is 22.5 Å². The molecule has 0 aliphatic rings. The Morgan fingerprint density at radius 3 is 2.13 bits per heavy atom. The van der Waals surface area contributed by atoms with Crippen molar-refractivity contribution in [1.29, 1.82) is 0 Å². The molecule has 0 spiro atoms. The fraction of sp³-hybridized carbons (Fsp3) is 0. The summed E-state index contributed by atoms with van der Waals surface area (Å²) in [5, 5.41) is 17.5. The zero-order valence-corrected chi connectivity index (χ0v) is 17.3. The van der Waals surface area contributed by atoms with Crippen molar-refractivity contribution >= 4 is 39.2 Å². The summed E-state index contributed by atoms with van der Waals surface area (Å²) in [4.78, 5) is 10.6. The van der Waals surface area contributed by atoms with Crippen molar-refractivity contribution in [1.82, 2.24) is 0 Å².